The van der Waals surface area contributed by atoms with Gasteiger partial charge in [-0.2, -0.15) is 0 Å². The number of terminal acetylenes is 1. The number of aromatic amines is 1. The van der Waals surface area contributed by atoms with E-state index in [0.29, 0.717) is 0 Å². The molecular formula is C10H13N. The Balaban J connectivity index is 3.05. The fourth-order valence-corrected chi connectivity index (χ4v) is 1.29. The molecule has 58 valence electrons. The Labute approximate surface area is 67.8 Å². The van der Waals surface area contributed by atoms with Gasteiger partial charge in [-0.25, -0.2) is 0 Å². The Hall–Kier alpha value is -1.16. The maximum Gasteiger partial charge on any atom is 0.0439 e. The summed E-state index contributed by atoms with van der Waals surface area (Å²) in [5.41, 5.74) is 3.61. The second kappa shape index (κ2) is 2.84. The molecule has 0 spiro atoms. The molecular weight excluding hydrogens is 134 g/mol. The van der Waals surface area contributed by atoms with E-state index in [1.54, 1.807) is 0 Å². The van der Waals surface area contributed by atoms with Crippen LogP contribution in [0.3, 0.4) is 0 Å². The molecule has 1 heterocycles. The van der Waals surface area contributed by atoms with Crippen LogP contribution < -0.4 is 0 Å². The van der Waals surface area contributed by atoms with Gasteiger partial charge in [0.15, 0.2) is 0 Å². The summed E-state index contributed by atoms with van der Waals surface area (Å²) < 4.78 is 0. The Bertz CT molecular complexity index is 288. The first-order chi connectivity index (χ1) is 5.15. The van der Waals surface area contributed by atoms with E-state index in [1.807, 2.05) is 13.8 Å². The van der Waals surface area contributed by atoms with Crippen molar-refractivity contribution in [1.82, 2.24) is 4.98 Å². The minimum atomic E-state index is 0.222. The lowest BCUT2D eigenvalue weighted by Crippen LogP contribution is -1.88. The summed E-state index contributed by atoms with van der Waals surface area (Å²) >= 11 is 0. The second-order valence-electron chi connectivity index (χ2n) is 2.92. The Morgan fingerprint density at radius 1 is 1.55 bits per heavy atom. The number of aromatic nitrogens is 1. The molecule has 1 aromatic rings. The van der Waals surface area contributed by atoms with E-state index in [0.717, 1.165) is 0 Å². The third-order valence-electron chi connectivity index (χ3n) is 1.91. The van der Waals surface area contributed by atoms with Crippen LogP contribution in [0, 0.1) is 26.2 Å². The number of H-pyrrole nitrogens is 1. The van der Waals surface area contributed by atoms with E-state index < -0.39 is 0 Å². The molecule has 0 aliphatic rings. The summed E-state index contributed by atoms with van der Waals surface area (Å²) in [6.45, 7) is 6.13. The van der Waals surface area contributed by atoms with Gasteiger partial charge >= 0.3 is 0 Å². The lowest BCUT2D eigenvalue weighted by molar-refractivity contribution is 0.986. The van der Waals surface area contributed by atoms with Gasteiger partial charge in [-0.1, -0.05) is 5.92 Å². The molecule has 1 N–H and O–H groups in total. The van der Waals surface area contributed by atoms with E-state index in [1.165, 1.54) is 17.0 Å². The molecule has 11 heavy (non-hydrogen) atoms. The first kappa shape index (κ1) is 7.94. The minimum absolute atomic E-state index is 0.222. The van der Waals surface area contributed by atoms with Crippen molar-refractivity contribution in [2.75, 3.05) is 0 Å². The molecule has 1 nitrogen and oxygen atoms in total. The summed E-state index contributed by atoms with van der Waals surface area (Å²) in [6.07, 6.45) is 5.32. The summed E-state index contributed by atoms with van der Waals surface area (Å²) in [5, 5.41) is 0. The monoisotopic (exact) mass is 147 g/mol. The van der Waals surface area contributed by atoms with Crippen LogP contribution in [-0.4, -0.2) is 4.98 Å². The highest BCUT2D eigenvalue weighted by atomic mass is 14.7. The van der Waals surface area contributed by atoms with E-state index in [9.17, 15) is 0 Å². The highest BCUT2D eigenvalue weighted by molar-refractivity contribution is 5.32. The van der Waals surface area contributed by atoms with Gasteiger partial charge in [0.2, 0.25) is 0 Å². The van der Waals surface area contributed by atoms with Crippen molar-refractivity contribution in [2.24, 2.45) is 0 Å². The molecule has 0 bridgehead atoms. The largest absolute Gasteiger partial charge is 0.362 e. The molecule has 1 heteroatoms. The van der Waals surface area contributed by atoms with Crippen molar-refractivity contribution < 1.29 is 0 Å². The van der Waals surface area contributed by atoms with Gasteiger partial charge in [0, 0.05) is 17.3 Å². The second-order valence-corrected chi connectivity index (χ2v) is 2.92. The average molecular weight is 147 g/mol. The smallest absolute Gasteiger partial charge is 0.0439 e. The molecule has 1 atom stereocenters. The first-order valence-electron chi connectivity index (χ1n) is 3.77. The zero-order valence-electron chi connectivity index (χ0n) is 7.23. The van der Waals surface area contributed by atoms with Gasteiger partial charge < -0.3 is 4.98 Å². The first-order valence-corrected chi connectivity index (χ1v) is 3.77. The molecule has 0 fully saturated rings. The minimum Gasteiger partial charge on any atom is -0.362 e. The van der Waals surface area contributed by atoms with E-state index in [2.05, 4.69) is 23.9 Å². The molecule has 0 aliphatic carbocycles. The van der Waals surface area contributed by atoms with Gasteiger partial charge in [0.05, 0.1) is 0 Å². The predicted molar refractivity (Wildman–Crippen MR) is 47.5 cm³/mol. The fraction of sp³-hybridized carbons (Fsp3) is 0.400. The van der Waals surface area contributed by atoms with Gasteiger partial charge in [0.1, 0.15) is 0 Å². The average Bonchev–Trinajstić information content (AvgIpc) is 2.28. The molecule has 1 aromatic heterocycles. The van der Waals surface area contributed by atoms with Crippen molar-refractivity contribution >= 4 is 0 Å². The summed E-state index contributed by atoms with van der Waals surface area (Å²) in [4.78, 5) is 3.23. The van der Waals surface area contributed by atoms with E-state index >= 15 is 0 Å². The van der Waals surface area contributed by atoms with E-state index in [-0.39, 0.29) is 5.92 Å². The van der Waals surface area contributed by atoms with Gasteiger partial charge in [-0.15, -0.1) is 6.42 Å². The van der Waals surface area contributed by atoms with Gasteiger partial charge in [-0.3, -0.25) is 0 Å². The highest BCUT2D eigenvalue weighted by Crippen LogP contribution is 2.18. The third kappa shape index (κ3) is 1.46. The lowest BCUT2D eigenvalue weighted by atomic mass is 10.0. The zero-order chi connectivity index (χ0) is 8.43. The van der Waals surface area contributed by atoms with Crippen LogP contribution in [0.1, 0.15) is 29.8 Å². The maximum atomic E-state index is 5.32. The third-order valence-corrected chi connectivity index (χ3v) is 1.91. The SMILES string of the molecule is C#CC(C)c1cc(C)[nH]c1C. The number of aryl methyl sites for hydroxylation is 2. The maximum absolute atomic E-state index is 5.32. The van der Waals surface area contributed by atoms with Crippen LogP contribution in [0.4, 0.5) is 0 Å². The van der Waals surface area contributed by atoms with Crippen molar-refractivity contribution in [1.29, 1.82) is 0 Å². The van der Waals surface area contributed by atoms with Crippen LogP contribution in [0.15, 0.2) is 6.07 Å². The van der Waals surface area contributed by atoms with Gasteiger partial charge in [0.25, 0.3) is 0 Å². The van der Waals surface area contributed by atoms with Gasteiger partial charge in [-0.05, 0) is 32.4 Å². The Kier molecular flexibility index (Phi) is 2.05. The zero-order valence-corrected chi connectivity index (χ0v) is 7.23. The van der Waals surface area contributed by atoms with Crippen molar-refractivity contribution in [3.05, 3.63) is 23.0 Å². The molecule has 0 aliphatic heterocycles. The number of hydrogen-bond acceptors (Lipinski definition) is 0. The summed E-state index contributed by atoms with van der Waals surface area (Å²) in [5.74, 6) is 2.94. The van der Waals surface area contributed by atoms with Crippen LogP contribution in [0.25, 0.3) is 0 Å². The summed E-state index contributed by atoms with van der Waals surface area (Å²) in [6, 6.07) is 2.11. The number of rotatable bonds is 1. The molecule has 0 saturated heterocycles. The number of nitrogens with one attached hydrogen (secondary N) is 1. The molecule has 0 radical (unpaired) electrons. The topological polar surface area (TPSA) is 15.8 Å². The highest BCUT2D eigenvalue weighted by Gasteiger charge is 2.06. The molecule has 1 rings (SSSR count). The van der Waals surface area contributed by atoms with Crippen LogP contribution in [0.2, 0.25) is 0 Å². The molecule has 0 amide bonds. The summed E-state index contributed by atoms with van der Waals surface area (Å²) in [7, 11) is 0. The fourth-order valence-electron chi connectivity index (χ4n) is 1.29. The Morgan fingerprint density at radius 3 is 2.55 bits per heavy atom. The normalized spacial score (nSPS) is 12.5. The standard InChI is InChI=1S/C10H13N/c1-5-7(2)10-6-8(3)11-9(10)4/h1,6-7,11H,2-4H3. The van der Waals surface area contributed by atoms with Crippen molar-refractivity contribution in [3.8, 4) is 12.3 Å². The molecule has 0 saturated carbocycles. The molecule has 1 unspecified atom stereocenters. The Morgan fingerprint density at radius 2 is 2.18 bits per heavy atom. The van der Waals surface area contributed by atoms with Crippen molar-refractivity contribution in [3.63, 3.8) is 0 Å². The van der Waals surface area contributed by atoms with Crippen LogP contribution >= 0.6 is 0 Å². The predicted octanol–water partition coefficient (Wildman–Crippen LogP) is 2.37. The number of hydrogen-bond donors (Lipinski definition) is 1. The van der Waals surface area contributed by atoms with Crippen LogP contribution in [-0.2, 0) is 0 Å². The van der Waals surface area contributed by atoms with Crippen molar-refractivity contribution in [2.45, 2.75) is 26.7 Å². The molecule has 0 aromatic carbocycles. The van der Waals surface area contributed by atoms with E-state index in [4.69, 9.17) is 6.42 Å². The van der Waals surface area contributed by atoms with Crippen LogP contribution in [0.5, 0.6) is 0 Å². The lowest BCUT2D eigenvalue weighted by Gasteiger charge is -2.00. The quantitative estimate of drug-likeness (QED) is 0.587.